The largest absolute Gasteiger partial charge is 0.494 e. The van der Waals surface area contributed by atoms with Crippen LogP contribution in [0.15, 0.2) is 36.5 Å². The molecule has 1 heterocycles. The number of benzene rings is 1. The van der Waals surface area contributed by atoms with Gasteiger partial charge in [-0.3, -0.25) is 0 Å². The van der Waals surface area contributed by atoms with E-state index in [1.54, 1.807) is 6.20 Å². The average Bonchev–Trinajstić information content (AvgIpc) is 2.31. The molecule has 0 saturated heterocycles. The van der Waals surface area contributed by atoms with Crippen LogP contribution < -0.4 is 10.5 Å². The lowest BCUT2D eigenvalue weighted by atomic mass is 10.0. The fourth-order valence-electron chi connectivity index (χ4n) is 1.84. The maximum Gasteiger partial charge on any atom is 0.131 e. The van der Waals surface area contributed by atoms with Crippen molar-refractivity contribution in [2.24, 2.45) is 0 Å². The van der Waals surface area contributed by atoms with Crippen LogP contribution in [0.25, 0.3) is 11.1 Å². The zero-order valence-corrected chi connectivity index (χ0v) is 10.1. The minimum Gasteiger partial charge on any atom is -0.494 e. The summed E-state index contributed by atoms with van der Waals surface area (Å²) < 4.78 is 5.41. The minimum absolute atomic E-state index is 0.564. The Morgan fingerprint density at radius 1 is 1.18 bits per heavy atom. The van der Waals surface area contributed by atoms with Crippen LogP contribution in [0.3, 0.4) is 0 Å². The highest BCUT2D eigenvalue weighted by atomic mass is 16.5. The molecule has 0 fully saturated rings. The molecular formula is C14H16N2O. The van der Waals surface area contributed by atoms with Gasteiger partial charge in [-0.15, -0.1) is 0 Å². The zero-order chi connectivity index (χ0) is 12.3. The third-order valence-corrected chi connectivity index (χ3v) is 2.64. The molecule has 3 heteroatoms. The summed E-state index contributed by atoms with van der Waals surface area (Å²) in [6, 6.07) is 9.87. The molecule has 88 valence electrons. The smallest absolute Gasteiger partial charge is 0.131 e. The minimum atomic E-state index is 0.564. The fraction of sp³-hybridized carbons (Fsp3) is 0.214. The third kappa shape index (κ3) is 2.38. The van der Waals surface area contributed by atoms with Crippen LogP contribution in [-0.2, 0) is 0 Å². The summed E-state index contributed by atoms with van der Waals surface area (Å²) in [5.74, 6) is 1.44. The van der Waals surface area contributed by atoms with Gasteiger partial charge in [-0.2, -0.15) is 0 Å². The van der Waals surface area contributed by atoms with Gasteiger partial charge in [0.05, 0.1) is 6.61 Å². The van der Waals surface area contributed by atoms with E-state index < -0.39 is 0 Å². The Labute approximate surface area is 101 Å². The number of hydrogen-bond acceptors (Lipinski definition) is 3. The molecule has 0 bridgehead atoms. The molecule has 0 radical (unpaired) electrons. The number of pyridine rings is 1. The molecule has 2 aromatic rings. The van der Waals surface area contributed by atoms with Crippen molar-refractivity contribution in [3.8, 4) is 16.9 Å². The first-order valence-electron chi connectivity index (χ1n) is 5.66. The van der Waals surface area contributed by atoms with Crippen LogP contribution in [0.2, 0.25) is 0 Å². The van der Waals surface area contributed by atoms with Crippen LogP contribution in [0.4, 0.5) is 5.82 Å². The Bertz CT molecular complexity index is 486. The molecule has 17 heavy (non-hydrogen) atoms. The predicted octanol–water partition coefficient (Wildman–Crippen LogP) is 3.04. The summed E-state index contributed by atoms with van der Waals surface area (Å²) >= 11 is 0. The van der Waals surface area contributed by atoms with Gasteiger partial charge in [-0.25, -0.2) is 4.98 Å². The Morgan fingerprint density at radius 2 is 1.88 bits per heavy atom. The molecule has 1 aromatic heterocycles. The maximum absolute atomic E-state index is 5.91. The number of aromatic nitrogens is 1. The van der Waals surface area contributed by atoms with E-state index in [0.717, 1.165) is 22.4 Å². The van der Waals surface area contributed by atoms with Gasteiger partial charge in [0.25, 0.3) is 0 Å². The molecule has 3 nitrogen and oxygen atoms in total. The van der Waals surface area contributed by atoms with Crippen molar-refractivity contribution in [2.75, 3.05) is 12.3 Å². The first-order chi connectivity index (χ1) is 8.22. The number of nitrogen functional groups attached to an aromatic ring is 1. The molecule has 0 aliphatic carbocycles. The SMILES string of the molecule is CCOc1ccc(-c2c(C)ccnc2N)cc1. The van der Waals surface area contributed by atoms with Gasteiger partial charge in [0.1, 0.15) is 11.6 Å². The molecule has 1 aromatic carbocycles. The zero-order valence-electron chi connectivity index (χ0n) is 10.1. The topological polar surface area (TPSA) is 48.1 Å². The number of anilines is 1. The lowest BCUT2D eigenvalue weighted by Crippen LogP contribution is -1.96. The number of ether oxygens (including phenoxy) is 1. The summed E-state index contributed by atoms with van der Waals surface area (Å²) in [6.45, 7) is 4.67. The normalized spacial score (nSPS) is 10.2. The summed E-state index contributed by atoms with van der Waals surface area (Å²) in [5, 5.41) is 0. The van der Waals surface area contributed by atoms with E-state index in [4.69, 9.17) is 10.5 Å². The van der Waals surface area contributed by atoms with E-state index in [1.807, 2.05) is 44.2 Å². The first-order valence-corrected chi connectivity index (χ1v) is 5.66. The van der Waals surface area contributed by atoms with Crippen molar-refractivity contribution < 1.29 is 4.74 Å². The van der Waals surface area contributed by atoms with Gasteiger partial charge in [0.15, 0.2) is 0 Å². The van der Waals surface area contributed by atoms with Crippen LogP contribution in [0, 0.1) is 6.92 Å². The number of hydrogen-bond donors (Lipinski definition) is 1. The number of nitrogens with two attached hydrogens (primary N) is 1. The summed E-state index contributed by atoms with van der Waals surface area (Å²) in [6.07, 6.45) is 1.72. The summed E-state index contributed by atoms with van der Waals surface area (Å²) in [5.41, 5.74) is 9.10. The molecule has 0 aliphatic rings. The van der Waals surface area contributed by atoms with Gasteiger partial charge in [-0.1, -0.05) is 12.1 Å². The van der Waals surface area contributed by atoms with Crippen LogP contribution in [-0.4, -0.2) is 11.6 Å². The molecular weight excluding hydrogens is 212 g/mol. The lowest BCUT2D eigenvalue weighted by Gasteiger charge is -2.09. The average molecular weight is 228 g/mol. The molecule has 0 aliphatic heterocycles. The van der Waals surface area contributed by atoms with E-state index in [0.29, 0.717) is 12.4 Å². The Kier molecular flexibility index (Phi) is 3.28. The van der Waals surface area contributed by atoms with Crippen LogP contribution >= 0.6 is 0 Å². The highest BCUT2D eigenvalue weighted by Crippen LogP contribution is 2.29. The van der Waals surface area contributed by atoms with Crippen molar-refractivity contribution in [3.63, 3.8) is 0 Å². The fourth-order valence-corrected chi connectivity index (χ4v) is 1.84. The Balaban J connectivity index is 2.40. The Morgan fingerprint density at radius 3 is 2.47 bits per heavy atom. The second-order valence-corrected chi connectivity index (χ2v) is 3.85. The van der Waals surface area contributed by atoms with Crippen molar-refractivity contribution in [1.82, 2.24) is 4.98 Å². The van der Waals surface area contributed by atoms with E-state index in [2.05, 4.69) is 4.98 Å². The molecule has 2 rings (SSSR count). The summed E-state index contributed by atoms with van der Waals surface area (Å²) in [7, 11) is 0. The van der Waals surface area contributed by atoms with Crippen molar-refractivity contribution in [1.29, 1.82) is 0 Å². The predicted molar refractivity (Wildman–Crippen MR) is 70.0 cm³/mol. The number of nitrogens with zero attached hydrogens (tertiary/aromatic N) is 1. The number of rotatable bonds is 3. The van der Waals surface area contributed by atoms with E-state index >= 15 is 0 Å². The molecule has 0 amide bonds. The molecule has 0 spiro atoms. The van der Waals surface area contributed by atoms with Crippen molar-refractivity contribution >= 4 is 5.82 Å². The third-order valence-electron chi connectivity index (χ3n) is 2.64. The van der Waals surface area contributed by atoms with E-state index in [-0.39, 0.29) is 0 Å². The molecule has 0 unspecified atom stereocenters. The van der Waals surface area contributed by atoms with Gasteiger partial charge in [0, 0.05) is 11.8 Å². The standard InChI is InChI=1S/C14H16N2O/c1-3-17-12-6-4-11(5-7-12)13-10(2)8-9-16-14(13)15/h4-9H,3H2,1-2H3,(H2,15,16). The monoisotopic (exact) mass is 228 g/mol. The molecule has 2 N–H and O–H groups in total. The molecule has 0 atom stereocenters. The lowest BCUT2D eigenvalue weighted by molar-refractivity contribution is 0.340. The van der Waals surface area contributed by atoms with Gasteiger partial charge < -0.3 is 10.5 Å². The second-order valence-electron chi connectivity index (χ2n) is 3.85. The summed E-state index contributed by atoms with van der Waals surface area (Å²) in [4.78, 5) is 4.12. The maximum atomic E-state index is 5.91. The van der Waals surface area contributed by atoms with Gasteiger partial charge >= 0.3 is 0 Å². The van der Waals surface area contributed by atoms with Gasteiger partial charge in [-0.05, 0) is 43.2 Å². The first kappa shape index (κ1) is 11.5. The van der Waals surface area contributed by atoms with Crippen molar-refractivity contribution in [2.45, 2.75) is 13.8 Å². The highest BCUT2D eigenvalue weighted by Gasteiger charge is 2.06. The van der Waals surface area contributed by atoms with E-state index in [1.165, 1.54) is 0 Å². The molecule has 0 saturated carbocycles. The van der Waals surface area contributed by atoms with Crippen LogP contribution in [0.5, 0.6) is 5.75 Å². The second kappa shape index (κ2) is 4.87. The Hall–Kier alpha value is -2.03. The van der Waals surface area contributed by atoms with E-state index in [9.17, 15) is 0 Å². The number of aryl methyl sites for hydroxylation is 1. The van der Waals surface area contributed by atoms with Crippen molar-refractivity contribution in [3.05, 3.63) is 42.1 Å². The highest BCUT2D eigenvalue weighted by molar-refractivity contribution is 5.76. The quantitative estimate of drug-likeness (QED) is 0.878. The van der Waals surface area contributed by atoms with Gasteiger partial charge in [0.2, 0.25) is 0 Å². The van der Waals surface area contributed by atoms with Crippen LogP contribution in [0.1, 0.15) is 12.5 Å².